The van der Waals surface area contributed by atoms with Crippen LogP contribution < -0.4 is 15.8 Å². The van der Waals surface area contributed by atoms with Gasteiger partial charge in [0.25, 0.3) is 0 Å². The fourth-order valence-corrected chi connectivity index (χ4v) is 2.73. The molecule has 4 nitrogen and oxygen atoms in total. The van der Waals surface area contributed by atoms with Gasteiger partial charge in [0.1, 0.15) is 5.82 Å². The predicted molar refractivity (Wildman–Crippen MR) is 88.6 cm³/mol. The largest absolute Gasteiger partial charge is 0.476 e. The minimum Gasteiger partial charge on any atom is -0.476 e. The number of nitrogen functional groups attached to an aromatic ring is 1. The highest BCUT2D eigenvalue weighted by atomic mass is 16.5. The second-order valence-corrected chi connectivity index (χ2v) is 6.75. The van der Waals surface area contributed by atoms with Gasteiger partial charge in [-0.3, -0.25) is 0 Å². The van der Waals surface area contributed by atoms with Crippen molar-refractivity contribution in [1.82, 2.24) is 4.98 Å². The van der Waals surface area contributed by atoms with Gasteiger partial charge in [0.15, 0.2) is 0 Å². The van der Waals surface area contributed by atoms with Crippen molar-refractivity contribution in [2.45, 2.75) is 58.9 Å². The maximum Gasteiger partial charge on any atom is 0.239 e. The Bertz CT molecular complexity index is 448. The first-order valence-corrected chi connectivity index (χ1v) is 8.20. The minimum absolute atomic E-state index is 0.464. The number of pyridine rings is 1. The second-order valence-electron chi connectivity index (χ2n) is 6.75. The molecule has 3 N–H and O–H groups in total. The standard InChI is InChI=1S/C17H29N3O/c1-12(2)11-21-17-15(18)9-10-16(20-17)19-14-6-4-5-13(3)7-8-14/h9-10,12-14H,4-8,11,18H2,1-3H3,(H,19,20). The summed E-state index contributed by atoms with van der Waals surface area (Å²) < 4.78 is 5.69. The first kappa shape index (κ1) is 15.9. The molecule has 2 unspecified atom stereocenters. The average molecular weight is 291 g/mol. The predicted octanol–water partition coefficient (Wildman–Crippen LogP) is 4.08. The van der Waals surface area contributed by atoms with Gasteiger partial charge >= 0.3 is 0 Å². The zero-order chi connectivity index (χ0) is 15.2. The number of aromatic nitrogens is 1. The van der Waals surface area contributed by atoms with Gasteiger partial charge in [0.2, 0.25) is 5.88 Å². The summed E-state index contributed by atoms with van der Waals surface area (Å²) in [5.74, 6) is 2.74. The third kappa shape index (κ3) is 5.10. The van der Waals surface area contributed by atoms with E-state index in [2.05, 4.69) is 31.1 Å². The molecule has 2 rings (SSSR count). The Hall–Kier alpha value is -1.45. The van der Waals surface area contributed by atoms with Crippen LogP contribution in [0.25, 0.3) is 0 Å². The van der Waals surface area contributed by atoms with Gasteiger partial charge in [-0.25, -0.2) is 0 Å². The lowest BCUT2D eigenvalue weighted by Gasteiger charge is -2.18. The number of hydrogen-bond acceptors (Lipinski definition) is 4. The van der Waals surface area contributed by atoms with Gasteiger partial charge in [-0.1, -0.05) is 33.6 Å². The number of nitrogens with one attached hydrogen (secondary N) is 1. The van der Waals surface area contributed by atoms with Gasteiger partial charge < -0.3 is 15.8 Å². The number of ether oxygens (including phenoxy) is 1. The molecule has 1 heterocycles. The fourth-order valence-electron chi connectivity index (χ4n) is 2.73. The van der Waals surface area contributed by atoms with E-state index in [1.807, 2.05) is 12.1 Å². The van der Waals surface area contributed by atoms with Gasteiger partial charge in [0.05, 0.1) is 12.3 Å². The lowest BCUT2D eigenvalue weighted by atomic mass is 10.0. The Morgan fingerprint density at radius 3 is 2.86 bits per heavy atom. The molecule has 0 spiro atoms. The molecule has 1 aliphatic carbocycles. The van der Waals surface area contributed by atoms with Gasteiger partial charge in [-0.2, -0.15) is 4.98 Å². The van der Waals surface area contributed by atoms with Crippen LogP contribution in [0.5, 0.6) is 5.88 Å². The van der Waals surface area contributed by atoms with Crippen LogP contribution in [-0.4, -0.2) is 17.6 Å². The first-order chi connectivity index (χ1) is 10.0. The third-order valence-electron chi connectivity index (χ3n) is 4.05. The quantitative estimate of drug-likeness (QED) is 0.803. The molecular weight excluding hydrogens is 262 g/mol. The van der Waals surface area contributed by atoms with Crippen molar-refractivity contribution in [1.29, 1.82) is 0 Å². The summed E-state index contributed by atoms with van der Waals surface area (Å²) >= 11 is 0. The van der Waals surface area contributed by atoms with Gasteiger partial charge in [-0.15, -0.1) is 0 Å². The Labute approximate surface area is 128 Å². The van der Waals surface area contributed by atoms with E-state index in [1.165, 1.54) is 32.1 Å². The Morgan fingerprint density at radius 2 is 2.10 bits per heavy atom. The van der Waals surface area contributed by atoms with E-state index in [-0.39, 0.29) is 0 Å². The van der Waals surface area contributed by atoms with Crippen molar-refractivity contribution in [3.8, 4) is 5.88 Å². The van der Waals surface area contributed by atoms with Crippen LogP contribution in [0, 0.1) is 11.8 Å². The molecule has 0 saturated heterocycles. The van der Waals surface area contributed by atoms with Crippen molar-refractivity contribution >= 4 is 11.5 Å². The Balaban J connectivity index is 1.97. The van der Waals surface area contributed by atoms with Crippen LogP contribution in [0.3, 0.4) is 0 Å². The number of nitrogens with zero attached hydrogens (tertiary/aromatic N) is 1. The highest BCUT2D eigenvalue weighted by Crippen LogP contribution is 2.26. The molecule has 1 saturated carbocycles. The van der Waals surface area contributed by atoms with Gasteiger partial charge in [0, 0.05) is 6.04 Å². The van der Waals surface area contributed by atoms with E-state index < -0.39 is 0 Å². The van der Waals surface area contributed by atoms with Crippen molar-refractivity contribution < 1.29 is 4.74 Å². The van der Waals surface area contributed by atoms with Crippen LogP contribution in [-0.2, 0) is 0 Å². The molecule has 4 heteroatoms. The highest BCUT2D eigenvalue weighted by molar-refractivity contribution is 5.53. The monoisotopic (exact) mass is 291 g/mol. The summed E-state index contributed by atoms with van der Waals surface area (Å²) in [6.45, 7) is 7.22. The normalized spacial score (nSPS) is 22.9. The number of nitrogens with two attached hydrogens (primary N) is 1. The topological polar surface area (TPSA) is 60.2 Å². The van der Waals surface area contributed by atoms with E-state index in [4.69, 9.17) is 10.5 Å². The van der Waals surface area contributed by atoms with Crippen molar-refractivity contribution in [3.05, 3.63) is 12.1 Å². The van der Waals surface area contributed by atoms with Crippen LogP contribution in [0.2, 0.25) is 0 Å². The molecule has 0 bridgehead atoms. The SMILES string of the molecule is CC(C)COc1nc(NC2CCCC(C)CC2)ccc1N. The molecule has 1 fully saturated rings. The second kappa shape index (κ2) is 7.53. The van der Waals surface area contributed by atoms with Crippen molar-refractivity contribution in [3.63, 3.8) is 0 Å². The molecular formula is C17H29N3O. The molecule has 118 valence electrons. The average Bonchev–Trinajstić information content (AvgIpc) is 2.64. The minimum atomic E-state index is 0.464. The summed E-state index contributed by atoms with van der Waals surface area (Å²) in [4.78, 5) is 4.53. The van der Waals surface area contributed by atoms with E-state index in [0.717, 1.165) is 11.7 Å². The summed E-state index contributed by atoms with van der Waals surface area (Å²) in [6.07, 6.45) is 6.37. The lowest BCUT2D eigenvalue weighted by molar-refractivity contribution is 0.263. The van der Waals surface area contributed by atoms with Gasteiger partial charge in [-0.05, 0) is 43.2 Å². The zero-order valence-corrected chi connectivity index (χ0v) is 13.6. The van der Waals surface area contributed by atoms with E-state index in [1.54, 1.807) is 0 Å². The molecule has 0 amide bonds. The maximum atomic E-state index is 5.94. The molecule has 0 aromatic carbocycles. The Kier molecular flexibility index (Phi) is 5.71. The molecule has 1 aromatic heterocycles. The van der Waals surface area contributed by atoms with Crippen LogP contribution in [0.4, 0.5) is 11.5 Å². The summed E-state index contributed by atoms with van der Waals surface area (Å²) in [6, 6.07) is 4.35. The molecule has 1 aliphatic rings. The van der Waals surface area contributed by atoms with Crippen molar-refractivity contribution in [2.75, 3.05) is 17.7 Å². The molecule has 21 heavy (non-hydrogen) atoms. The lowest BCUT2D eigenvalue weighted by Crippen LogP contribution is -2.19. The third-order valence-corrected chi connectivity index (χ3v) is 4.05. The summed E-state index contributed by atoms with van der Waals surface area (Å²) in [5.41, 5.74) is 6.54. The number of rotatable bonds is 5. The smallest absolute Gasteiger partial charge is 0.239 e. The Morgan fingerprint density at radius 1 is 1.29 bits per heavy atom. The van der Waals surface area contributed by atoms with Crippen LogP contribution >= 0.6 is 0 Å². The highest BCUT2D eigenvalue weighted by Gasteiger charge is 2.17. The fraction of sp³-hybridized carbons (Fsp3) is 0.706. The molecule has 0 radical (unpaired) electrons. The van der Waals surface area contributed by atoms with E-state index >= 15 is 0 Å². The van der Waals surface area contributed by atoms with Crippen LogP contribution in [0.15, 0.2) is 12.1 Å². The summed E-state index contributed by atoms with van der Waals surface area (Å²) in [5, 5.41) is 3.55. The summed E-state index contributed by atoms with van der Waals surface area (Å²) in [7, 11) is 0. The number of anilines is 2. The molecule has 2 atom stereocenters. The van der Waals surface area contributed by atoms with Crippen LogP contribution in [0.1, 0.15) is 52.9 Å². The van der Waals surface area contributed by atoms with E-state index in [9.17, 15) is 0 Å². The zero-order valence-electron chi connectivity index (χ0n) is 13.6. The van der Waals surface area contributed by atoms with Crippen molar-refractivity contribution in [2.24, 2.45) is 11.8 Å². The van der Waals surface area contributed by atoms with E-state index in [0.29, 0.717) is 30.1 Å². The first-order valence-electron chi connectivity index (χ1n) is 8.20. The molecule has 0 aliphatic heterocycles. The maximum absolute atomic E-state index is 5.94. The number of hydrogen-bond donors (Lipinski definition) is 2. The molecule has 1 aromatic rings.